The van der Waals surface area contributed by atoms with E-state index in [0.717, 1.165) is 26.9 Å². The van der Waals surface area contributed by atoms with Gasteiger partial charge in [0.25, 0.3) is 11.8 Å². The highest BCUT2D eigenvalue weighted by atomic mass is 79.9. The lowest BCUT2D eigenvalue weighted by atomic mass is 10.1. The zero-order valence-electron chi connectivity index (χ0n) is 23.6. The molecule has 0 saturated carbocycles. The summed E-state index contributed by atoms with van der Waals surface area (Å²) in [5.41, 5.74) is 7.24. The van der Waals surface area contributed by atoms with Crippen LogP contribution in [-0.4, -0.2) is 31.2 Å². The van der Waals surface area contributed by atoms with Gasteiger partial charge in [-0.05, 0) is 79.9 Å². The van der Waals surface area contributed by atoms with Gasteiger partial charge in [0.05, 0.1) is 12.8 Å². The standard InChI is InChI=1S/C33H32BrN3O5/c1-4-40-31-18-25(12-14-30(31)41-20-24-8-6-5-7-9-24)33(39)37-35-19-26-17-27(34)13-15-29(26)42-21-32(38)36-28-16-22(2)10-11-23(28)3/h5-19H,4,20-21H2,1-3H3,(H,36,38)(H,37,39)/b35-19+. The van der Waals surface area contributed by atoms with Gasteiger partial charge in [-0.25, -0.2) is 5.43 Å². The first-order chi connectivity index (χ1) is 20.3. The van der Waals surface area contributed by atoms with Gasteiger partial charge >= 0.3 is 0 Å². The van der Waals surface area contributed by atoms with E-state index < -0.39 is 5.91 Å². The maximum atomic E-state index is 12.9. The van der Waals surface area contributed by atoms with E-state index in [9.17, 15) is 9.59 Å². The second kappa shape index (κ2) is 14.8. The molecule has 2 amide bonds. The Morgan fingerprint density at radius 1 is 0.857 bits per heavy atom. The van der Waals surface area contributed by atoms with Crippen molar-refractivity contribution in [2.24, 2.45) is 5.10 Å². The first kappa shape index (κ1) is 30.3. The highest BCUT2D eigenvalue weighted by Gasteiger charge is 2.13. The van der Waals surface area contributed by atoms with Crippen LogP contribution in [0.25, 0.3) is 0 Å². The van der Waals surface area contributed by atoms with Crippen molar-refractivity contribution in [2.75, 3.05) is 18.5 Å². The molecule has 0 fully saturated rings. The Morgan fingerprint density at radius 2 is 1.64 bits per heavy atom. The second-order valence-electron chi connectivity index (χ2n) is 9.41. The molecule has 42 heavy (non-hydrogen) atoms. The minimum absolute atomic E-state index is 0.193. The molecule has 216 valence electrons. The van der Waals surface area contributed by atoms with E-state index in [1.807, 2.05) is 69.3 Å². The molecule has 0 aromatic heterocycles. The summed E-state index contributed by atoms with van der Waals surface area (Å²) in [7, 11) is 0. The smallest absolute Gasteiger partial charge is 0.271 e. The van der Waals surface area contributed by atoms with Crippen LogP contribution in [0.1, 0.15) is 39.5 Å². The SMILES string of the molecule is CCOc1cc(C(=O)N/N=C/c2cc(Br)ccc2OCC(=O)Nc2cc(C)ccc2C)ccc1OCc1ccccc1. The fourth-order valence-electron chi connectivity index (χ4n) is 3.95. The molecule has 0 unspecified atom stereocenters. The van der Waals surface area contributed by atoms with Crippen molar-refractivity contribution in [3.05, 3.63) is 117 Å². The quantitative estimate of drug-likeness (QED) is 0.132. The number of nitrogens with zero attached hydrogens (tertiary/aromatic N) is 1. The summed E-state index contributed by atoms with van der Waals surface area (Å²) in [5.74, 6) is 0.729. The molecular weight excluding hydrogens is 598 g/mol. The van der Waals surface area contributed by atoms with Crippen molar-refractivity contribution in [3.63, 3.8) is 0 Å². The number of ether oxygens (including phenoxy) is 3. The zero-order chi connectivity index (χ0) is 29.9. The van der Waals surface area contributed by atoms with Gasteiger partial charge in [0.1, 0.15) is 12.4 Å². The number of anilines is 1. The average molecular weight is 631 g/mol. The topological polar surface area (TPSA) is 98.3 Å². The third kappa shape index (κ3) is 8.68. The first-order valence-corrected chi connectivity index (χ1v) is 14.2. The Balaban J connectivity index is 1.38. The molecule has 0 spiro atoms. The Morgan fingerprint density at radius 3 is 2.43 bits per heavy atom. The van der Waals surface area contributed by atoms with E-state index in [1.165, 1.54) is 6.21 Å². The lowest BCUT2D eigenvalue weighted by Gasteiger charge is -2.13. The number of benzene rings is 4. The van der Waals surface area contributed by atoms with Crippen LogP contribution in [0.2, 0.25) is 0 Å². The maximum Gasteiger partial charge on any atom is 0.271 e. The number of aryl methyl sites for hydroxylation is 2. The number of nitrogens with one attached hydrogen (secondary N) is 2. The van der Waals surface area contributed by atoms with Crippen LogP contribution in [0, 0.1) is 13.8 Å². The van der Waals surface area contributed by atoms with E-state index in [2.05, 4.69) is 31.8 Å². The van der Waals surface area contributed by atoms with Gasteiger partial charge in [-0.15, -0.1) is 0 Å². The predicted octanol–water partition coefficient (Wildman–Crippen LogP) is 6.83. The fraction of sp³-hybridized carbons (Fsp3) is 0.182. The Bertz CT molecular complexity index is 1570. The molecular formula is C33H32BrN3O5. The van der Waals surface area contributed by atoms with Gasteiger partial charge in [0, 0.05) is 21.3 Å². The number of halogens is 1. The average Bonchev–Trinajstić information content (AvgIpc) is 2.98. The fourth-order valence-corrected chi connectivity index (χ4v) is 4.33. The third-order valence-corrected chi connectivity index (χ3v) is 6.60. The molecule has 8 nitrogen and oxygen atoms in total. The molecule has 0 radical (unpaired) electrons. The molecule has 9 heteroatoms. The molecule has 0 aliphatic heterocycles. The summed E-state index contributed by atoms with van der Waals surface area (Å²) in [6, 6.07) is 25.9. The lowest BCUT2D eigenvalue weighted by Crippen LogP contribution is -2.21. The van der Waals surface area contributed by atoms with Gasteiger partial charge in [0.2, 0.25) is 0 Å². The number of carbonyl (C=O) groups is 2. The molecule has 2 N–H and O–H groups in total. The van der Waals surface area contributed by atoms with E-state index in [1.54, 1.807) is 36.4 Å². The molecule has 0 atom stereocenters. The summed E-state index contributed by atoms with van der Waals surface area (Å²) in [6.07, 6.45) is 1.46. The van der Waals surface area contributed by atoms with Crippen molar-refractivity contribution in [1.82, 2.24) is 5.43 Å². The van der Waals surface area contributed by atoms with E-state index >= 15 is 0 Å². The summed E-state index contributed by atoms with van der Waals surface area (Å²) in [4.78, 5) is 25.4. The van der Waals surface area contributed by atoms with Gasteiger partial charge in [-0.3, -0.25) is 9.59 Å². The molecule has 0 bridgehead atoms. The van der Waals surface area contributed by atoms with Gasteiger partial charge in [0.15, 0.2) is 18.1 Å². The maximum absolute atomic E-state index is 12.9. The molecule has 0 heterocycles. The lowest BCUT2D eigenvalue weighted by molar-refractivity contribution is -0.118. The number of amides is 2. The third-order valence-electron chi connectivity index (χ3n) is 6.11. The minimum atomic E-state index is -0.424. The van der Waals surface area contributed by atoms with E-state index in [0.29, 0.717) is 41.6 Å². The summed E-state index contributed by atoms with van der Waals surface area (Å²) >= 11 is 3.44. The normalized spacial score (nSPS) is 10.8. The number of carbonyl (C=O) groups excluding carboxylic acids is 2. The van der Waals surface area contributed by atoms with Gasteiger partial charge < -0.3 is 19.5 Å². The highest BCUT2D eigenvalue weighted by molar-refractivity contribution is 9.10. The van der Waals surface area contributed by atoms with Crippen LogP contribution in [-0.2, 0) is 11.4 Å². The van der Waals surface area contributed by atoms with Crippen molar-refractivity contribution >= 4 is 39.6 Å². The van der Waals surface area contributed by atoms with Crippen molar-refractivity contribution in [3.8, 4) is 17.2 Å². The molecule has 4 rings (SSSR count). The van der Waals surface area contributed by atoms with Crippen LogP contribution < -0.4 is 25.0 Å². The Hall–Kier alpha value is -4.63. The zero-order valence-corrected chi connectivity index (χ0v) is 25.2. The molecule has 0 aliphatic carbocycles. The van der Waals surface area contributed by atoms with Gasteiger partial charge in [-0.2, -0.15) is 5.10 Å². The predicted molar refractivity (Wildman–Crippen MR) is 168 cm³/mol. The van der Waals surface area contributed by atoms with Crippen molar-refractivity contribution < 1.29 is 23.8 Å². The number of hydrogen-bond donors (Lipinski definition) is 2. The Labute approximate surface area is 253 Å². The molecule has 0 saturated heterocycles. The highest BCUT2D eigenvalue weighted by Crippen LogP contribution is 2.29. The Kier molecular flexibility index (Phi) is 10.7. The van der Waals surface area contributed by atoms with Crippen molar-refractivity contribution in [2.45, 2.75) is 27.4 Å². The monoisotopic (exact) mass is 629 g/mol. The van der Waals surface area contributed by atoms with E-state index in [-0.39, 0.29) is 12.5 Å². The number of hydrazone groups is 1. The molecule has 0 aliphatic rings. The number of hydrogen-bond acceptors (Lipinski definition) is 6. The van der Waals surface area contributed by atoms with Crippen LogP contribution in [0.5, 0.6) is 17.2 Å². The van der Waals surface area contributed by atoms with Crippen LogP contribution in [0.3, 0.4) is 0 Å². The first-order valence-electron chi connectivity index (χ1n) is 13.4. The van der Waals surface area contributed by atoms with Gasteiger partial charge in [-0.1, -0.05) is 58.4 Å². The minimum Gasteiger partial charge on any atom is -0.490 e. The summed E-state index contributed by atoms with van der Waals surface area (Å²) in [6.45, 7) is 6.36. The van der Waals surface area contributed by atoms with Crippen molar-refractivity contribution in [1.29, 1.82) is 0 Å². The second-order valence-corrected chi connectivity index (χ2v) is 10.3. The molecule has 4 aromatic carbocycles. The summed E-state index contributed by atoms with van der Waals surface area (Å²) in [5, 5.41) is 6.99. The van der Waals surface area contributed by atoms with Crippen LogP contribution in [0.15, 0.2) is 94.5 Å². The largest absolute Gasteiger partial charge is 0.490 e. The van der Waals surface area contributed by atoms with Crippen LogP contribution >= 0.6 is 15.9 Å². The number of rotatable bonds is 12. The van der Waals surface area contributed by atoms with E-state index in [4.69, 9.17) is 14.2 Å². The molecule has 4 aromatic rings. The van der Waals surface area contributed by atoms with Crippen LogP contribution in [0.4, 0.5) is 5.69 Å². The summed E-state index contributed by atoms with van der Waals surface area (Å²) < 4.78 is 18.2.